The molecule has 8 nitrogen and oxygen atoms in total. The smallest absolute Gasteiger partial charge is 0.289 e. The zero-order valence-electron chi connectivity index (χ0n) is 15.5. The Morgan fingerprint density at radius 1 is 1.21 bits per heavy atom. The second-order valence-corrected chi connectivity index (χ2v) is 8.34. The summed E-state index contributed by atoms with van der Waals surface area (Å²) in [6.07, 6.45) is 0.702. The van der Waals surface area contributed by atoms with Crippen LogP contribution in [0.5, 0.6) is 0 Å². The molecule has 2 aromatic rings. The normalized spacial score (nSPS) is 19.1. The number of para-hydroxylation sites is 2. The molecule has 9 heteroatoms. The zero-order valence-corrected chi connectivity index (χ0v) is 16.3. The standard InChI is InChI=1S/C19H21N3O5S/c1-3-19(23)21-13(2)12-15(14-8-4-5-9-16(14)21)20-28(26,27)18-11-7-6-10-17(18)22(24)25/h4-11,13,15,20H,3,12H2,1-2H3/t13-,15+/m0/s1. The Balaban J connectivity index is 2.01. The number of sulfonamides is 1. The van der Waals surface area contributed by atoms with Gasteiger partial charge in [-0.25, -0.2) is 13.1 Å². The number of carbonyl (C=O) groups is 1. The zero-order chi connectivity index (χ0) is 20.5. The number of nitrogens with one attached hydrogen (secondary N) is 1. The molecule has 2 aromatic carbocycles. The van der Waals surface area contributed by atoms with Crippen LogP contribution in [0.2, 0.25) is 0 Å². The van der Waals surface area contributed by atoms with Gasteiger partial charge in [0.1, 0.15) is 0 Å². The van der Waals surface area contributed by atoms with Crippen LogP contribution in [0.4, 0.5) is 11.4 Å². The molecule has 0 fully saturated rings. The third-order valence-electron chi connectivity index (χ3n) is 4.81. The highest BCUT2D eigenvalue weighted by molar-refractivity contribution is 7.89. The third-order valence-corrected chi connectivity index (χ3v) is 6.33. The van der Waals surface area contributed by atoms with Crippen molar-refractivity contribution in [2.75, 3.05) is 4.90 Å². The number of amides is 1. The summed E-state index contributed by atoms with van der Waals surface area (Å²) in [5.74, 6) is -0.0417. The van der Waals surface area contributed by atoms with E-state index in [0.29, 0.717) is 24.1 Å². The molecule has 1 aliphatic heterocycles. The van der Waals surface area contributed by atoms with Gasteiger partial charge in [0.2, 0.25) is 15.9 Å². The summed E-state index contributed by atoms with van der Waals surface area (Å²) in [6, 6.07) is 11.5. The Morgan fingerprint density at radius 2 is 1.86 bits per heavy atom. The van der Waals surface area contributed by atoms with E-state index in [1.54, 1.807) is 36.1 Å². The first-order valence-electron chi connectivity index (χ1n) is 8.93. The molecule has 148 valence electrons. The van der Waals surface area contributed by atoms with Crippen molar-refractivity contribution >= 4 is 27.3 Å². The lowest BCUT2D eigenvalue weighted by atomic mass is 9.92. The lowest BCUT2D eigenvalue weighted by Gasteiger charge is -2.39. The number of hydrogen-bond donors (Lipinski definition) is 1. The highest BCUT2D eigenvalue weighted by Crippen LogP contribution is 2.38. The molecule has 0 saturated carbocycles. The number of rotatable bonds is 5. The molecule has 1 heterocycles. The number of nitrogens with zero attached hydrogens (tertiary/aromatic N) is 2. The molecule has 1 N–H and O–H groups in total. The third kappa shape index (κ3) is 3.63. The Bertz CT molecular complexity index is 1020. The molecule has 3 rings (SSSR count). The Kier molecular flexibility index (Phi) is 5.48. The van der Waals surface area contributed by atoms with E-state index in [1.807, 2.05) is 6.92 Å². The number of nitro benzene ring substituents is 1. The quantitative estimate of drug-likeness (QED) is 0.609. The van der Waals surface area contributed by atoms with Crippen molar-refractivity contribution in [3.8, 4) is 0 Å². The molecule has 0 spiro atoms. The molecule has 0 aliphatic carbocycles. The number of nitro groups is 1. The van der Waals surface area contributed by atoms with Crippen molar-refractivity contribution in [3.63, 3.8) is 0 Å². The van der Waals surface area contributed by atoms with E-state index in [9.17, 15) is 23.3 Å². The van der Waals surface area contributed by atoms with Crippen LogP contribution in [0.15, 0.2) is 53.4 Å². The van der Waals surface area contributed by atoms with Crippen LogP contribution in [-0.4, -0.2) is 25.3 Å². The van der Waals surface area contributed by atoms with E-state index in [2.05, 4.69) is 4.72 Å². The number of hydrogen-bond acceptors (Lipinski definition) is 5. The van der Waals surface area contributed by atoms with Gasteiger partial charge in [0, 0.05) is 24.2 Å². The summed E-state index contributed by atoms with van der Waals surface area (Å²) in [5, 5.41) is 11.2. The predicted octanol–water partition coefficient (Wildman–Crippen LogP) is 3.15. The van der Waals surface area contributed by atoms with Crippen LogP contribution < -0.4 is 9.62 Å². The van der Waals surface area contributed by atoms with Crippen LogP contribution in [-0.2, 0) is 14.8 Å². The van der Waals surface area contributed by atoms with Crippen molar-refractivity contribution in [3.05, 3.63) is 64.2 Å². The maximum absolute atomic E-state index is 12.9. The largest absolute Gasteiger partial charge is 0.309 e. The van der Waals surface area contributed by atoms with Crippen molar-refractivity contribution in [2.24, 2.45) is 0 Å². The minimum atomic E-state index is -4.14. The summed E-state index contributed by atoms with van der Waals surface area (Å²) >= 11 is 0. The maximum Gasteiger partial charge on any atom is 0.289 e. The van der Waals surface area contributed by atoms with Gasteiger partial charge in [0.15, 0.2) is 4.90 Å². The van der Waals surface area contributed by atoms with Gasteiger partial charge in [0.25, 0.3) is 5.69 Å². The van der Waals surface area contributed by atoms with Gasteiger partial charge in [-0.15, -0.1) is 0 Å². The molecule has 2 atom stereocenters. The summed E-state index contributed by atoms with van der Waals surface area (Å²) in [4.78, 5) is 24.2. The first-order chi connectivity index (χ1) is 13.3. The monoisotopic (exact) mass is 403 g/mol. The Morgan fingerprint density at radius 3 is 2.54 bits per heavy atom. The first-order valence-corrected chi connectivity index (χ1v) is 10.4. The average molecular weight is 403 g/mol. The molecule has 0 bridgehead atoms. The second-order valence-electron chi connectivity index (χ2n) is 6.66. The average Bonchev–Trinajstić information content (AvgIpc) is 2.67. The molecule has 1 aliphatic rings. The van der Waals surface area contributed by atoms with Crippen LogP contribution in [0.1, 0.15) is 38.3 Å². The number of carbonyl (C=O) groups excluding carboxylic acids is 1. The SMILES string of the molecule is CCC(=O)N1c2ccccc2[C@H](NS(=O)(=O)c2ccccc2[N+](=O)[O-])C[C@@H]1C. The van der Waals surface area contributed by atoms with Gasteiger partial charge in [-0.2, -0.15) is 0 Å². The summed E-state index contributed by atoms with van der Waals surface area (Å²) in [5.41, 5.74) is 0.850. The van der Waals surface area contributed by atoms with Gasteiger partial charge in [-0.05, 0) is 31.0 Å². The Labute approximate surface area is 163 Å². The van der Waals surface area contributed by atoms with Gasteiger partial charge in [-0.3, -0.25) is 14.9 Å². The predicted molar refractivity (Wildman–Crippen MR) is 104 cm³/mol. The van der Waals surface area contributed by atoms with Gasteiger partial charge >= 0.3 is 0 Å². The molecular formula is C19H21N3O5S. The lowest BCUT2D eigenvalue weighted by molar-refractivity contribution is -0.387. The van der Waals surface area contributed by atoms with E-state index in [-0.39, 0.29) is 16.8 Å². The van der Waals surface area contributed by atoms with E-state index in [0.717, 1.165) is 6.07 Å². The van der Waals surface area contributed by atoms with E-state index in [1.165, 1.54) is 18.2 Å². The van der Waals surface area contributed by atoms with Crippen LogP contribution >= 0.6 is 0 Å². The van der Waals surface area contributed by atoms with Crippen molar-refractivity contribution in [1.82, 2.24) is 4.72 Å². The van der Waals surface area contributed by atoms with E-state index >= 15 is 0 Å². The summed E-state index contributed by atoms with van der Waals surface area (Å²) in [7, 11) is -4.14. The van der Waals surface area contributed by atoms with Crippen molar-refractivity contribution in [2.45, 2.75) is 43.7 Å². The number of anilines is 1. The lowest BCUT2D eigenvalue weighted by Crippen LogP contribution is -2.46. The van der Waals surface area contributed by atoms with Crippen molar-refractivity contribution in [1.29, 1.82) is 0 Å². The minimum absolute atomic E-state index is 0.0417. The summed E-state index contributed by atoms with van der Waals surface area (Å²) < 4.78 is 28.4. The molecule has 1 amide bonds. The van der Waals surface area contributed by atoms with Crippen LogP contribution in [0.25, 0.3) is 0 Å². The Hall–Kier alpha value is -2.78. The topological polar surface area (TPSA) is 110 Å². The van der Waals surface area contributed by atoms with Crippen LogP contribution in [0, 0.1) is 10.1 Å². The molecule has 28 heavy (non-hydrogen) atoms. The fourth-order valence-corrected chi connectivity index (χ4v) is 4.96. The van der Waals surface area contributed by atoms with Gasteiger partial charge in [-0.1, -0.05) is 37.3 Å². The van der Waals surface area contributed by atoms with Gasteiger partial charge < -0.3 is 4.90 Å². The maximum atomic E-state index is 12.9. The van der Waals surface area contributed by atoms with Crippen molar-refractivity contribution < 1.29 is 18.1 Å². The highest BCUT2D eigenvalue weighted by Gasteiger charge is 2.36. The summed E-state index contributed by atoms with van der Waals surface area (Å²) in [6.45, 7) is 3.64. The fourth-order valence-electron chi connectivity index (χ4n) is 3.56. The second kappa shape index (κ2) is 7.69. The minimum Gasteiger partial charge on any atom is -0.309 e. The van der Waals surface area contributed by atoms with Crippen LogP contribution in [0.3, 0.4) is 0 Å². The van der Waals surface area contributed by atoms with E-state index in [4.69, 9.17) is 0 Å². The highest BCUT2D eigenvalue weighted by atomic mass is 32.2. The number of benzene rings is 2. The molecule has 0 saturated heterocycles. The van der Waals surface area contributed by atoms with E-state index < -0.39 is 26.7 Å². The molecule has 0 radical (unpaired) electrons. The molecule has 0 aromatic heterocycles. The molecule has 0 unspecified atom stereocenters. The first kappa shape index (κ1) is 20.0. The molecular weight excluding hydrogens is 382 g/mol. The van der Waals surface area contributed by atoms with Gasteiger partial charge in [0.05, 0.1) is 11.0 Å². The fraction of sp³-hybridized carbons (Fsp3) is 0.316. The number of fused-ring (bicyclic) bond motifs is 1.